The van der Waals surface area contributed by atoms with Gasteiger partial charge in [0.15, 0.2) is 11.6 Å². The number of carboxylic acid groups (broad SMARTS) is 2. The summed E-state index contributed by atoms with van der Waals surface area (Å²) in [5.74, 6) is -3.92. The third kappa shape index (κ3) is 9.10. The number of pyridine rings is 2. The highest BCUT2D eigenvalue weighted by Crippen LogP contribution is 2.39. The number of alkyl halides is 6. The van der Waals surface area contributed by atoms with Crippen LogP contribution >= 0.6 is 0 Å². The Kier molecular flexibility index (Phi) is 11.0. The Hall–Kier alpha value is -4.81. The predicted octanol–water partition coefficient (Wildman–Crippen LogP) is 3.58. The second-order valence-corrected chi connectivity index (χ2v) is 9.77. The molecule has 45 heavy (non-hydrogen) atoms. The van der Waals surface area contributed by atoms with Crippen LogP contribution in [0, 0.1) is 0 Å². The van der Waals surface area contributed by atoms with Gasteiger partial charge in [-0.15, -0.1) is 10.2 Å². The lowest BCUT2D eigenvalue weighted by atomic mass is 9.84. The molecule has 1 spiro atoms. The van der Waals surface area contributed by atoms with Gasteiger partial charge >= 0.3 is 30.4 Å². The molecule has 3 aromatic rings. The summed E-state index contributed by atoms with van der Waals surface area (Å²) < 4.78 is 70.8. The number of aromatic nitrogens is 5. The van der Waals surface area contributed by atoms with Crippen molar-refractivity contribution in [2.24, 2.45) is 0 Å². The number of hydrogen-bond acceptors (Lipinski definition) is 9. The Morgan fingerprint density at radius 1 is 0.933 bits per heavy atom. The zero-order valence-electron chi connectivity index (χ0n) is 23.5. The van der Waals surface area contributed by atoms with Crippen LogP contribution in [0.25, 0.3) is 11.4 Å². The van der Waals surface area contributed by atoms with Crippen LogP contribution in [-0.2, 0) is 33.0 Å². The maximum atomic E-state index is 12.4. The van der Waals surface area contributed by atoms with E-state index in [4.69, 9.17) is 24.5 Å². The van der Waals surface area contributed by atoms with Gasteiger partial charge in [0.1, 0.15) is 0 Å². The van der Waals surface area contributed by atoms with Crippen molar-refractivity contribution in [2.45, 2.75) is 43.8 Å². The first-order valence-electron chi connectivity index (χ1n) is 13.0. The van der Waals surface area contributed by atoms with E-state index in [1.807, 2.05) is 36.7 Å². The molecule has 5 heterocycles. The Balaban J connectivity index is 0.000000331. The largest absolute Gasteiger partial charge is 0.490 e. The summed E-state index contributed by atoms with van der Waals surface area (Å²) in [4.78, 5) is 43.1. The van der Waals surface area contributed by atoms with Crippen molar-refractivity contribution in [3.63, 3.8) is 0 Å². The smallest absolute Gasteiger partial charge is 0.475 e. The lowest BCUT2D eigenvalue weighted by molar-refractivity contribution is -0.193. The third-order valence-electron chi connectivity index (χ3n) is 6.76. The Morgan fingerprint density at radius 3 is 2.04 bits per heavy atom. The van der Waals surface area contributed by atoms with E-state index in [1.165, 1.54) is 7.11 Å². The average molecular weight is 648 g/mol. The molecular formula is C26H27F6N7O6. The lowest BCUT2D eigenvalue weighted by Crippen LogP contribution is -2.57. The summed E-state index contributed by atoms with van der Waals surface area (Å²) in [7, 11) is 1.42. The van der Waals surface area contributed by atoms with E-state index in [9.17, 15) is 31.1 Å². The first-order chi connectivity index (χ1) is 21.1. The van der Waals surface area contributed by atoms with Crippen molar-refractivity contribution >= 4 is 18.0 Å². The van der Waals surface area contributed by atoms with Crippen LogP contribution in [0.15, 0.2) is 48.9 Å². The molecule has 13 nitrogen and oxygen atoms in total. The fourth-order valence-corrected chi connectivity index (χ4v) is 4.74. The number of ether oxygens (including phenoxy) is 1. The molecule has 0 unspecified atom stereocenters. The minimum atomic E-state index is -5.08. The Labute approximate surface area is 251 Å². The number of methoxy groups -OCH3 is 1. The van der Waals surface area contributed by atoms with Crippen molar-refractivity contribution in [1.82, 2.24) is 34.5 Å². The van der Waals surface area contributed by atoms with Gasteiger partial charge < -0.3 is 19.5 Å². The molecule has 0 radical (unpaired) electrons. The number of aliphatic carboxylic acids is 2. The number of nitrogens with zero attached hydrogens (tertiary/aromatic N) is 7. The summed E-state index contributed by atoms with van der Waals surface area (Å²) in [6.45, 7) is 3.59. The Morgan fingerprint density at radius 2 is 1.56 bits per heavy atom. The number of rotatable bonds is 3. The van der Waals surface area contributed by atoms with Crippen LogP contribution in [0.3, 0.4) is 0 Å². The van der Waals surface area contributed by atoms with Gasteiger partial charge in [-0.1, -0.05) is 6.07 Å². The van der Waals surface area contributed by atoms with Gasteiger partial charge in [0.2, 0.25) is 0 Å². The van der Waals surface area contributed by atoms with E-state index >= 15 is 0 Å². The van der Waals surface area contributed by atoms with Crippen molar-refractivity contribution < 1.29 is 55.7 Å². The number of amides is 1. The maximum Gasteiger partial charge on any atom is 0.490 e. The second kappa shape index (κ2) is 14.3. The molecule has 1 saturated heterocycles. The first kappa shape index (κ1) is 34.7. The number of carbonyl (C=O) groups excluding carboxylic acids is 1. The van der Waals surface area contributed by atoms with Gasteiger partial charge in [0, 0.05) is 50.3 Å². The number of hydrogen-bond donors (Lipinski definition) is 2. The zero-order chi connectivity index (χ0) is 33.4. The fraction of sp³-hybridized carbons (Fsp3) is 0.423. The molecule has 1 fully saturated rings. The van der Waals surface area contributed by atoms with E-state index in [1.54, 1.807) is 11.1 Å². The number of carboxylic acids is 2. The second-order valence-electron chi connectivity index (χ2n) is 9.77. The third-order valence-corrected chi connectivity index (χ3v) is 6.76. The molecule has 2 aliphatic heterocycles. The van der Waals surface area contributed by atoms with Crippen LogP contribution in [0.4, 0.5) is 31.1 Å². The van der Waals surface area contributed by atoms with Crippen molar-refractivity contribution in [1.29, 1.82) is 0 Å². The quantitative estimate of drug-likeness (QED) is 0.400. The van der Waals surface area contributed by atoms with E-state index < -0.39 is 24.3 Å². The Bertz CT molecular complexity index is 1420. The van der Waals surface area contributed by atoms with Gasteiger partial charge in [-0.05, 0) is 37.1 Å². The van der Waals surface area contributed by atoms with E-state index in [2.05, 4.69) is 35.7 Å². The van der Waals surface area contributed by atoms with Crippen LogP contribution in [0.2, 0.25) is 0 Å². The summed E-state index contributed by atoms with van der Waals surface area (Å²) in [5, 5.41) is 23.2. The monoisotopic (exact) mass is 647 g/mol. The molecule has 0 atom stereocenters. The summed E-state index contributed by atoms with van der Waals surface area (Å²) in [5.41, 5.74) is 1.72. The van der Waals surface area contributed by atoms with Gasteiger partial charge in [-0.3, -0.25) is 19.8 Å². The van der Waals surface area contributed by atoms with Crippen LogP contribution in [0.5, 0.6) is 0 Å². The van der Waals surface area contributed by atoms with Gasteiger partial charge in [-0.25, -0.2) is 14.4 Å². The minimum absolute atomic E-state index is 0.281. The standard InChI is InChI=1S/C22H25N7O2.2C2HF3O2/c1-31-21(30)28-15-19-25-26-20(17-5-4-9-23-13-17)29(19)22(16-28)7-11-27(12-8-22)14-18-6-2-3-10-24-18;2*3-2(4,5)1(6)7/h2-6,9-10,13H,7-8,11-12,14-16H2,1H3;2*(H,6,7). The molecule has 0 saturated carbocycles. The molecule has 0 aromatic carbocycles. The van der Waals surface area contributed by atoms with Crippen LogP contribution < -0.4 is 0 Å². The highest BCUT2D eigenvalue weighted by molar-refractivity contribution is 5.73. The lowest BCUT2D eigenvalue weighted by Gasteiger charge is -2.48. The summed E-state index contributed by atoms with van der Waals surface area (Å²) in [6, 6.07) is 9.92. The fourth-order valence-electron chi connectivity index (χ4n) is 4.74. The van der Waals surface area contributed by atoms with Crippen molar-refractivity contribution in [3.8, 4) is 11.4 Å². The summed E-state index contributed by atoms with van der Waals surface area (Å²) >= 11 is 0. The van der Waals surface area contributed by atoms with E-state index in [-0.39, 0.29) is 11.6 Å². The average Bonchev–Trinajstić information content (AvgIpc) is 3.44. The topological polar surface area (TPSA) is 164 Å². The molecule has 19 heteroatoms. The van der Waals surface area contributed by atoms with Gasteiger partial charge in [-0.2, -0.15) is 26.3 Å². The van der Waals surface area contributed by atoms with Gasteiger partial charge in [0.25, 0.3) is 0 Å². The highest BCUT2D eigenvalue weighted by atomic mass is 19.4. The number of halogens is 6. The molecule has 2 aliphatic rings. The zero-order valence-corrected chi connectivity index (χ0v) is 23.5. The van der Waals surface area contributed by atoms with Gasteiger partial charge in [0.05, 0.1) is 24.9 Å². The number of piperidine rings is 1. The molecule has 2 N–H and O–H groups in total. The van der Waals surface area contributed by atoms with Crippen molar-refractivity contribution in [3.05, 3.63) is 60.4 Å². The highest BCUT2D eigenvalue weighted by Gasteiger charge is 2.46. The minimum Gasteiger partial charge on any atom is -0.475 e. The molecular weight excluding hydrogens is 620 g/mol. The molecule has 0 aliphatic carbocycles. The molecule has 0 bridgehead atoms. The first-order valence-corrected chi connectivity index (χ1v) is 13.0. The van der Waals surface area contributed by atoms with E-state index in [0.29, 0.717) is 13.1 Å². The predicted molar refractivity (Wildman–Crippen MR) is 140 cm³/mol. The number of carbonyl (C=O) groups is 3. The molecule has 5 rings (SSSR count). The number of fused-ring (bicyclic) bond motifs is 2. The van der Waals surface area contributed by atoms with E-state index in [0.717, 1.165) is 55.4 Å². The molecule has 3 aromatic heterocycles. The normalized spacial score (nSPS) is 15.9. The maximum absolute atomic E-state index is 12.4. The number of likely N-dealkylation sites (tertiary alicyclic amines) is 1. The van der Waals surface area contributed by atoms with Crippen molar-refractivity contribution in [2.75, 3.05) is 26.7 Å². The molecule has 244 valence electrons. The SMILES string of the molecule is COC(=O)N1Cc2nnc(-c3cccnc3)n2C2(CCN(Cc3ccccn3)CC2)C1.O=C(O)C(F)(F)F.O=C(O)C(F)(F)F. The van der Waals surface area contributed by atoms with Crippen LogP contribution in [-0.4, -0.2) is 102 Å². The summed E-state index contributed by atoms with van der Waals surface area (Å²) in [6.07, 6.45) is -3.33. The van der Waals surface area contributed by atoms with Crippen LogP contribution in [0.1, 0.15) is 24.4 Å². The molecule has 1 amide bonds.